The van der Waals surface area contributed by atoms with Gasteiger partial charge in [0.15, 0.2) is 0 Å². The van der Waals surface area contributed by atoms with Crippen molar-refractivity contribution < 1.29 is 0 Å². The largest absolute Gasteiger partial charge is 0.366 e. The van der Waals surface area contributed by atoms with Crippen LogP contribution in [0.3, 0.4) is 0 Å². The molecular formula is C20H26N2. The van der Waals surface area contributed by atoms with E-state index in [1.54, 1.807) is 0 Å². The van der Waals surface area contributed by atoms with Crippen molar-refractivity contribution in [3.05, 3.63) is 65.7 Å². The predicted molar refractivity (Wildman–Crippen MR) is 94.2 cm³/mol. The Morgan fingerprint density at radius 2 is 1.77 bits per heavy atom. The summed E-state index contributed by atoms with van der Waals surface area (Å²) in [6, 6.07) is 19.6. The second kappa shape index (κ2) is 6.13. The average Bonchev–Trinajstić information content (AvgIpc) is 2.60. The molecule has 2 atom stereocenters. The normalized spacial score (nSPS) is 18.4. The van der Waals surface area contributed by atoms with Crippen molar-refractivity contribution in [2.75, 3.05) is 11.4 Å². The fourth-order valence-corrected chi connectivity index (χ4v) is 3.73. The Kier molecular flexibility index (Phi) is 4.21. The molecule has 0 fully saturated rings. The van der Waals surface area contributed by atoms with Crippen molar-refractivity contribution in [2.24, 2.45) is 5.73 Å². The Bertz CT molecular complexity index is 623. The molecule has 0 radical (unpaired) electrons. The fraction of sp³-hybridized carbons (Fsp3) is 0.400. The SMILES string of the molecule is CCC(N)(c1ccccc1)C(C)N1CCCc2ccccc21. The van der Waals surface area contributed by atoms with Crippen LogP contribution in [0.1, 0.15) is 37.8 Å². The summed E-state index contributed by atoms with van der Waals surface area (Å²) >= 11 is 0. The van der Waals surface area contributed by atoms with Crippen molar-refractivity contribution in [3.63, 3.8) is 0 Å². The van der Waals surface area contributed by atoms with Crippen LogP contribution in [0.5, 0.6) is 0 Å². The molecule has 1 aliphatic heterocycles. The molecule has 1 aliphatic rings. The first-order chi connectivity index (χ1) is 10.7. The fourth-order valence-electron chi connectivity index (χ4n) is 3.73. The van der Waals surface area contributed by atoms with E-state index >= 15 is 0 Å². The molecule has 0 saturated heterocycles. The van der Waals surface area contributed by atoms with E-state index in [-0.39, 0.29) is 11.6 Å². The zero-order chi connectivity index (χ0) is 15.6. The first-order valence-electron chi connectivity index (χ1n) is 8.35. The lowest BCUT2D eigenvalue weighted by Crippen LogP contribution is -2.55. The van der Waals surface area contributed by atoms with Gasteiger partial charge in [0, 0.05) is 18.3 Å². The average molecular weight is 294 g/mol. The molecule has 3 rings (SSSR count). The number of para-hydroxylation sites is 1. The number of nitrogens with zero attached hydrogens (tertiary/aromatic N) is 1. The molecule has 2 aromatic carbocycles. The van der Waals surface area contributed by atoms with Crippen LogP contribution < -0.4 is 10.6 Å². The molecule has 0 aliphatic carbocycles. The van der Waals surface area contributed by atoms with Gasteiger partial charge >= 0.3 is 0 Å². The predicted octanol–water partition coefficient (Wildman–Crippen LogP) is 4.09. The van der Waals surface area contributed by atoms with Gasteiger partial charge in [0.25, 0.3) is 0 Å². The Morgan fingerprint density at radius 3 is 2.50 bits per heavy atom. The third-order valence-electron chi connectivity index (χ3n) is 5.26. The first-order valence-corrected chi connectivity index (χ1v) is 8.35. The van der Waals surface area contributed by atoms with Crippen LogP contribution in [0.4, 0.5) is 5.69 Å². The van der Waals surface area contributed by atoms with Gasteiger partial charge < -0.3 is 10.6 Å². The topological polar surface area (TPSA) is 29.3 Å². The number of anilines is 1. The van der Waals surface area contributed by atoms with Gasteiger partial charge in [-0.1, -0.05) is 55.5 Å². The lowest BCUT2D eigenvalue weighted by Gasteiger charge is -2.45. The highest BCUT2D eigenvalue weighted by Crippen LogP contribution is 2.35. The Labute approximate surface area is 134 Å². The maximum atomic E-state index is 6.91. The molecule has 0 amide bonds. The van der Waals surface area contributed by atoms with Crippen molar-refractivity contribution in [1.82, 2.24) is 0 Å². The van der Waals surface area contributed by atoms with Crippen molar-refractivity contribution in [2.45, 2.75) is 44.7 Å². The molecule has 0 saturated carbocycles. The van der Waals surface area contributed by atoms with Crippen LogP contribution in [0.25, 0.3) is 0 Å². The molecule has 2 heteroatoms. The van der Waals surface area contributed by atoms with E-state index < -0.39 is 0 Å². The summed E-state index contributed by atoms with van der Waals surface area (Å²) in [5.41, 5.74) is 10.6. The van der Waals surface area contributed by atoms with Gasteiger partial charge in [0.2, 0.25) is 0 Å². The minimum absolute atomic E-state index is 0.265. The summed E-state index contributed by atoms with van der Waals surface area (Å²) in [5.74, 6) is 0. The van der Waals surface area contributed by atoms with Crippen LogP contribution in [0.2, 0.25) is 0 Å². The van der Waals surface area contributed by atoms with E-state index in [0.717, 1.165) is 13.0 Å². The molecule has 1 heterocycles. The van der Waals surface area contributed by atoms with Crippen molar-refractivity contribution in [1.29, 1.82) is 0 Å². The zero-order valence-electron chi connectivity index (χ0n) is 13.6. The Morgan fingerprint density at radius 1 is 1.09 bits per heavy atom. The molecule has 2 aromatic rings. The molecule has 116 valence electrons. The number of hydrogen-bond acceptors (Lipinski definition) is 2. The highest BCUT2D eigenvalue weighted by Gasteiger charge is 2.37. The lowest BCUT2D eigenvalue weighted by molar-refractivity contribution is 0.335. The molecule has 0 spiro atoms. The number of aryl methyl sites for hydroxylation is 1. The molecule has 22 heavy (non-hydrogen) atoms. The van der Waals surface area contributed by atoms with Gasteiger partial charge in [-0.25, -0.2) is 0 Å². The van der Waals surface area contributed by atoms with Crippen LogP contribution >= 0.6 is 0 Å². The molecule has 0 bridgehead atoms. The summed E-state index contributed by atoms with van der Waals surface area (Å²) in [6.45, 7) is 5.56. The maximum absolute atomic E-state index is 6.91. The van der Waals surface area contributed by atoms with Gasteiger partial charge in [-0.05, 0) is 43.4 Å². The van der Waals surface area contributed by atoms with E-state index in [1.165, 1.54) is 29.7 Å². The summed E-state index contributed by atoms with van der Waals surface area (Å²) < 4.78 is 0. The Hall–Kier alpha value is -1.80. The van der Waals surface area contributed by atoms with E-state index in [0.29, 0.717) is 0 Å². The van der Waals surface area contributed by atoms with Crippen LogP contribution in [0, 0.1) is 0 Å². The van der Waals surface area contributed by atoms with Crippen LogP contribution in [0.15, 0.2) is 54.6 Å². The monoisotopic (exact) mass is 294 g/mol. The molecule has 0 aromatic heterocycles. The number of hydrogen-bond donors (Lipinski definition) is 1. The number of nitrogens with two attached hydrogens (primary N) is 1. The van der Waals surface area contributed by atoms with Gasteiger partial charge in [0.1, 0.15) is 0 Å². The summed E-state index contributed by atoms with van der Waals surface area (Å²) in [6.07, 6.45) is 3.31. The molecule has 2 unspecified atom stereocenters. The van der Waals surface area contributed by atoms with Gasteiger partial charge in [-0.3, -0.25) is 0 Å². The minimum Gasteiger partial charge on any atom is -0.366 e. The number of fused-ring (bicyclic) bond motifs is 1. The van der Waals surface area contributed by atoms with Crippen molar-refractivity contribution >= 4 is 5.69 Å². The van der Waals surface area contributed by atoms with Gasteiger partial charge in [-0.2, -0.15) is 0 Å². The lowest BCUT2D eigenvalue weighted by atomic mass is 9.80. The number of rotatable bonds is 4. The van der Waals surface area contributed by atoms with Crippen LogP contribution in [-0.2, 0) is 12.0 Å². The van der Waals surface area contributed by atoms with Crippen molar-refractivity contribution in [3.8, 4) is 0 Å². The Balaban J connectivity index is 1.98. The van der Waals surface area contributed by atoms with E-state index in [1.807, 2.05) is 0 Å². The highest BCUT2D eigenvalue weighted by molar-refractivity contribution is 5.57. The maximum Gasteiger partial charge on any atom is 0.0610 e. The van der Waals surface area contributed by atoms with E-state index in [9.17, 15) is 0 Å². The summed E-state index contributed by atoms with van der Waals surface area (Å²) in [5, 5.41) is 0. The molecular weight excluding hydrogens is 268 g/mol. The zero-order valence-corrected chi connectivity index (χ0v) is 13.6. The second-order valence-electron chi connectivity index (χ2n) is 6.36. The number of benzene rings is 2. The summed E-state index contributed by atoms with van der Waals surface area (Å²) in [4.78, 5) is 2.51. The second-order valence-corrected chi connectivity index (χ2v) is 6.36. The van der Waals surface area contributed by atoms with E-state index in [4.69, 9.17) is 5.73 Å². The van der Waals surface area contributed by atoms with Crippen LogP contribution in [-0.4, -0.2) is 12.6 Å². The smallest absolute Gasteiger partial charge is 0.0610 e. The minimum atomic E-state index is -0.328. The highest BCUT2D eigenvalue weighted by atomic mass is 15.2. The molecule has 2 nitrogen and oxygen atoms in total. The van der Waals surface area contributed by atoms with Gasteiger partial charge in [0.05, 0.1) is 5.54 Å². The quantitative estimate of drug-likeness (QED) is 0.920. The first kappa shape index (κ1) is 15.1. The third kappa shape index (κ3) is 2.52. The molecule has 2 N–H and O–H groups in total. The summed E-state index contributed by atoms with van der Waals surface area (Å²) in [7, 11) is 0. The van der Waals surface area contributed by atoms with Gasteiger partial charge in [-0.15, -0.1) is 0 Å². The standard InChI is InChI=1S/C20H26N2/c1-3-20(21,18-12-5-4-6-13-18)16(2)22-15-9-11-17-10-7-8-14-19(17)22/h4-8,10,12-14,16H,3,9,11,15,21H2,1-2H3. The third-order valence-corrected chi connectivity index (χ3v) is 5.26. The van der Waals surface area contributed by atoms with E-state index in [2.05, 4.69) is 73.3 Å².